The second kappa shape index (κ2) is 9.88. The average Bonchev–Trinajstić information content (AvgIpc) is 2.54. The topological polar surface area (TPSA) is 84.9 Å². The number of aliphatic carboxylic acids is 1. The minimum absolute atomic E-state index is 0.115. The number of alkyl carbamates (subject to hydrolysis) is 1. The summed E-state index contributed by atoms with van der Waals surface area (Å²) in [6.07, 6.45) is 6.13. The van der Waals surface area contributed by atoms with Crippen LogP contribution in [0.15, 0.2) is 0 Å². The van der Waals surface area contributed by atoms with Gasteiger partial charge in [0.2, 0.25) is 0 Å². The van der Waals surface area contributed by atoms with Crippen molar-refractivity contribution in [3.05, 3.63) is 0 Å². The summed E-state index contributed by atoms with van der Waals surface area (Å²) < 4.78 is 11.4. The van der Waals surface area contributed by atoms with Gasteiger partial charge in [-0.2, -0.15) is 0 Å². The maximum absolute atomic E-state index is 12.0. The van der Waals surface area contributed by atoms with Gasteiger partial charge in [0.15, 0.2) is 0 Å². The number of ether oxygens (including phenoxy) is 2. The van der Waals surface area contributed by atoms with Gasteiger partial charge in [0.05, 0.1) is 24.7 Å². The molecule has 2 fully saturated rings. The molecule has 2 aliphatic carbocycles. The largest absolute Gasteiger partial charge is 0.481 e. The van der Waals surface area contributed by atoms with Gasteiger partial charge in [-0.3, -0.25) is 4.79 Å². The van der Waals surface area contributed by atoms with Crippen LogP contribution < -0.4 is 5.32 Å². The summed E-state index contributed by atoms with van der Waals surface area (Å²) in [7, 11) is 0. The molecule has 2 bridgehead atoms. The third-order valence-corrected chi connectivity index (χ3v) is 6.67. The molecule has 0 aromatic carbocycles. The maximum atomic E-state index is 12.0. The summed E-state index contributed by atoms with van der Waals surface area (Å²) >= 11 is 0. The molecule has 0 aliphatic heterocycles. The molecular formula is C24H43NO5. The lowest BCUT2D eigenvalue weighted by Gasteiger charge is -2.48. The Morgan fingerprint density at radius 3 is 2.20 bits per heavy atom. The molecule has 0 spiro atoms. The van der Waals surface area contributed by atoms with Crippen LogP contribution in [-0.2, 0) is 14.3 Å². The Bertz CT molecular complexity index is 581. The van der Waals surface area contributed by atoms with Crippen LogP contribution in [-0.4, -0.2) is 41.5 Å². The van der Waals surface area contributed by atoms with E-state index < -0.39 is 23.6 Å². The molecule has 0 saturated heterocycles. The second-order valence-electron chi connectivity index (χ2n) is 11.5. The molecule has 0 radical (unpaired) electrons. The van der Waals surface area contributed by atoms with Crippen LogP contribution in [0.3, 0.4) is 0 Å². The fourth-order valence-electron chi connectivity index (χ4n) is 5.72. The lowest BCUT2D eigenvalue weighted by atomic mass is 9.58. The molecule has 2 rings (SSSR count). The summed E-state index contributed by atoms with van der Waals surface area (Å²) in [6.45, 7) is 14.0. The number of hydrogen-bond acceptors (Lipinski definition) is 4. The zero-order valence-corrected chi connectivity index (χ0v) is 20.0. The number of rotatable bonds is 8. The van der Waals surface area contributed by atoms with Crippen LogP contribution in [0, 0.1) is 29.1 Å². The van der Waals surface area contributed by atoms with E-state index in [0.717, 1.165) is 37.0 Å². The molecule has 1 amide bonds. The van der Waals surface area contributed by atoms with Crippen LogP contribution in [0.25, 0.3) is 0 Å². The van der Waals surface area contributed by atoms with Gasteiger partial charge >= 0.3 is 12.1 Å². The number of hydrogen-bond donors (Lipinski definition) is 2. The minimum atomic E-state index is -0.832. The molecule has 2 unspecified atom stereocenters. The lowest BCUT2D eigenvalue weighted by Crippen LogP contribution is -2.43. The van der Waals surface area contributed by atoms with E-state index in [-0.39, 0.29) is 24.2 Å². The molecular weight excluding hydrogens is 382 g/mol. The molecule has 2 saturated carbocycles. The molecule has 6 heteroatoms. The standard InChI is InChI=1S/C24H43NO5/c1-15-8-18-10-19(9-15)12-24(7,11-18)13-20(17(3)21(26)27)29-14-16(2)25-22(28)30-23(4,5)6/h15-20H,8-14H2,1-7H3,(H,25,28)(H,26,27)/t15?,16-,17-,18?,19?,20-,24?/m1/s1. The molecule has 0 aromatic rings. The van der Waals surface area contributed by atoms with E-state index in [0.29, 0.717) is 0 Å². The molecule has 30 heavy (non-hydrogen) atoms. The van der Waals surface area contributed by atoms with E-state index in [1.165, 1.54) is 19.3 Å². The number of carboxylic acid groups (broad SMARTS) is 1. The molecule has 5 atom stereocenters. The van der Waals surface area contributed by atoms with E-state index in [2.05, 4.69) is 19.2 Å². The zero-order chi connectivity index (χ0) is 22.7. The lowest BCUT2D eigenvalue weighted by molar-refractivity contribution is -0.148. The van der Waals surface area contributed by atoms with Crippen LogP contribution in [0.2, 0.25) is 0 Å². The van der Waals surface area contributed by atoms with E-state index in [9.17, 15) is 14.7 Å². The SMILES string of the molecule is CC1CC2CC(C1)CC(C)(C[C@@H](OC[C@@H](C)NC(=O)OC(C)(C)C)[C@@H](C)C(=O)O)C2. The van der Waals surface area contributed by atoms with E-state index in [1.54, 1.807) is 6.92 Å². The van der Waals surface area contributed by atoms with Crippen molar-refractivity contribution in [2.45, 2.75) is 105 Å². The third kappa shape index (κ3) is 7.75. The van der Waals surface area contributed by atoms with Gasteiger partial charge in [0.25, 0.3) is 0 Å². The van der Waals surface area contributed by atoms with E-state index >= 15 is 0 Å². The number of carbonyl (C=O) groups excluding carboxylic acids is 1. The zero-order valence-electron chi connectivity index (χ0n) is 20.0. The van der Waals surface area contributed by atoms with Crippen molar-refractivity contribution < 1.29 is 24.2 Å². The van der Waals surface area contributed by atoms with Gasteiger partial charge in [-0.15, -0.1) is 0 Å². The Labute approximate surface area is 182 Å². The van der Waals surface area contributed by atoms with Crippen molar-refractivity contribution in [3.63, 3.8) is 0 Å². The highest BCUT2D eigenvalue weighted by molar-refractivity contribution is 5.70. The third-order valence-electron chi connectivity index (χ3n) is 6.67. The first-order valence-electron chi connectivity index (χ1n) is 11.6. The highest BCUT2D eigenvalue weighted by Gasteiger charge is 2.43. The van der Waals surface area contributed by atoms with E-state index in [1.807, 2.05) is 27.7 Å². The van der Waals surface area contributed by atoms with Crippen molar-refractivity contribution in [2.75, 3.05) is 6.61 Å². The van der Waals surface area contributed by atoms with E-state index in [4.69, 9.17) is 9.47 Å². The Balaban J connectivity index is 1.96. The minimum Gasteiger partial charge on any atom is -0.481 e. The number of amides is 1. The van der Waals surface area contributed by atoms with Gasteiger partial charge in [0, 0.05) is 0 Å². The molecule has 6 nitrogen and oxygen atoms in total. The van der Waals surface area contributed by atoms with Crippen LogP contribution >= 0.6 is 0 Å². The second-order valence-corrected chi connectivity index (χ2v) is 11.5. The van der Waals surface area contributed by atoms with Gasteiger partial charge in [-0.05, 0) is 96.3 Å². The summed E-state index contributed by atoms with van der Waals surface area (Å²) in [5, 5.41) is 12.4. The first-order valence-corrected chi connectivity index (χ1v) is 11.6. The van der Waals surface area contributed by atoms with Gasteiger partial charge in [-0.25, -0.2) is 4.79 Å². The first kappa shape index (κ1) is 25.0. The summed E-state index contributed by atoms with van der Waals surface area (Å²) in [5.41, 5.74) is -0.444. The number of carboxylic acids is 1. The monoisotopic (exact) mass is 425 g/mol. The Morgan fingerprint density at radius 2 is 1.70 bits per heavy atom. The molecule has 0 heterocycles. The van der Waals surface area contributed by atoms with Crippen molar-refractivity contribution >= 4 is 12.1 Å². The number of fused-ring (bicyclic) bond motifs is 2. The van der Waals surface area contributed by atoms with Gasteiger partial charge < -0.3 is 19.9 Å². The number of carbonyl (C=O) groups is 2. The van der Waals surface area contributed by atoms with Gasteiger partial charge in [-0.1, -0.05) is 13.8 Å². The fourth-order valence-corrected chi connectivity index (χ4v) is 5.72. The molecule has 0 aromatic heterocycles. The van der Waals surface area contributed by atoms with Crippen molar-refractivity contribution in [1.82, 2.24) is 5.32 Å². The predicted molar refractivity (Wildman–Crippen MR) is 117 cm³/mol. The average molecular weight is 426 g/mol. The fraction of sp³-hybridized carbons (Fsp3) is 0.917. The Hall–Kier alpha value is -1.30. The predicted octanol–water partition coefficient (Wildman–Crippen LogP) is 5.25. The highest BCUT2D eigenvalue weighted by Crippen LogP contribution is 2.52. The van der Waals surface area contributed by atoms with Crippen LogP contribution in [0.1, 0.15) is 87.0 Å². The normalized spacial score (nSPS) is 32.0. The summed E-state index contributed by atoms with van der Waals surface area (Å²) in [4.78, 5) is 23.7. The molecule has 174 valence electrons. The quantitative estimate of drug-likeness (QED) is 0.555. The van der Waals surface area contributed by atoms with Gasteiger partial charge in [0.1, 0.15) is 5.60 Å². The number of nitrogens with one attached hydrogen (secondary N) is 1. The first-order chi connectivity index (χ1) is 13.8. The van der Waals surface area contributed by atoms with Crippen molar-refractivity contribution in [2.24, 2.45) is 29.1 Å². The Morgan fingerprint density at radius 1 is 1.13 bits per heavy atom. The highest BCUT2D eigenvalue weighted by atomic mass is 16.6. The summed E-state index contributed by atoms with van der Waals surface area (Å²) in [6, 6.07) is -0.261. The summed E-state index contributed by atoms with van der Waals surface area (Å²) in [5.74, 6) is 0.900. The molecule has 2 N–H and O–H groups in total. The van der Waals surface area contributed by atoms with Crippen molar-refractivity contribution in [3.8, 4) is 0 Å². The van der Waals surface area contributed by atoms with Crippen molar-refractivity contribution in [1.29, 1.82) is 0 Å². The maximum Gasteiger partial charge on any atom is 0.407 e. The van der Waals surface area contributed by atoms with Crippen LogP contribution in [0.5, 0.6) is 0 Å². The molecule has 2 aliphatic rings. The Kier molecular flexibility index (Phi) is 8.22. The van der Waals surface area contributed by atoms with Crippen LogP contribution in [0.4, 0.5) is 4.79 Å². The smallest absolute Gasteiger partial charge is 0.407 e.